The molecule has 0 bridgehead atoms. The second kappa shape index (κ2) is 13.9. The predicted octanol–water partition coefficient (Wildman–Crippen LogP) is 6.11. The number of benzene rings is 3. The molecule has 1 N–H and O–H groups in total. The lowest BCUT2D eigenvalue weighted by atomic mass is 10.0. The summed E-state index contributed by atoms with van der Waals surface area (Å²) in [6.07, 6.45) is 5.02. The Bertz CT molecular complexity index is 1480. The molecule has 0 unspecified atom stereocenters. The van der Waals surface area contributed by atoms with Gasteiger partial charge in [-0.2, -0.15) is 0 Å². The highest BCUT2D eigenvalue weighted by Gasteiger charge is 2.35. The number of anilines is 1. The number of carbonyl (C=O) groups excluding carboxylic acids is 2. The zero-order valence-electron chi connectivity index (χ0n) is 22.6. The van der Waals surface area contributed by atoms with E-state index in [0.717, 1.165) is 41.8 Å². The molecule has 3 aromatic rings. The summed E-state index contributed by atoms with van der Waals surface area (Å²) >= 11 is 19.0. The molecule has 1 fully saturated rings. The second-order valence-electron chi connectivity index (χ2n) is 10.2. The Balaban J connectivity index is 1.75. The summed E-state index contributed by atoms with van der Waals surface area (Å²) in [6.45, 7) is -0.597. The third kappa shape index (κ3) is 8.38. The maximum Gasteiger partial charge on any atom is 0.244 e. The van der Waals surface area contributed by atoms with Crippen molar-refractivity contribution in [2.24, 2.45) is 0 Å². The Kier molecular flexibility index (Phi) is 10.6. The lowest BCUT2D eigenvalue weighted by Crippen LogP contribution is -2.54. The van der Waals surface area contributed by atoms with Crippen LogP contribution in [0.5, 0.6) is 0 Å². The van der Waals surface area contributed by atoms with Crippen LogP contribution in [0.1, 0.15) is 36.8 Å². The first-order chi connectivity index (χ1) is 19.5. The van der Waals surface area contributed by atoms with Crippen molar-refractivity contribution in [3.63, 3.8) is 0 Å². The van der Waals surface area contributed by atoms with Gasteiger partial charge in [0.2, 0.25) is 21.8 Å². The van der Waals surface area contributed by atoms with Gasteiger partial charge in [0.05, 0.1) is 17.0 Å². The number of hydrogen-bond acceptors (Lipinski definition) is 4. The van der Waals surface area contributed by atoms with E-state index in [2.05, 4.69) is 5.32 Å². The summed E-state index contributed by atoms with van der Waals surface area (Å²) in [4.78, 5) is 29.5. The third-order valence-electron chi connectivity index (χ3n) is 7.13. The monoisotopic (exact) mass is 635 g/mol. The van der Waals surface area contributed by atoms with Gasteiger partial charge in [-0.3, -0.25) is 13.9 Å². The molecule has 0 aliphatic heterocycles. The highest BCUT2D eigenvalue weighted by Crippen LogP contribution is 2.31. The fraction of sp³-hybridized carbons (Fsp3) is 0.333. The lowest BCUT2D eigenvalue weighted by Gasteiger charge is -2.34. The standard InChI is InChI=1S/C30H32Cl3N3O4S/c1-41(39,40)36(27-18-23(31)15-16-26(27)33)20-29(37)35(19-22-11-5-8-14-25(22)32)28(17-21-9-3-2-4-10-21)30(38)34-24-12-6-7-13-24/h2-5,8-11,14-16,18,24,28H,6-7,12-13,17,19-20H2,1H3,(H,34,38)/t28-/m0/s1. The summed E-state index contributed by atoms with van der Waals surface area (Å²) in [5.74, 6) is -0.887. The van der Waals surface area contributed by atoms with E-state index < -0.39 is 28.5 Å². The number of carbonyl (C=O) groups is 2. The van der Waals surface area contributed by atoms with Crippen LogP contribution in [-0.2, 0) is 32.6 Å². The van der Waals surface area contributed by atoms with E-state index in [4.69, 9.17) is 34.8 Å². The maximum atomic E-state index is 14.2. The van der Waals surface area contributed by atoms with E-state index in [1.165, 1.54) is 23.1 Å². The van der Waals surface area contributed by atoms with E-state index in [0.29, 0.717) is 10.6 Å². The summed E-state index contributed by atoms with van der Waals surface area (Å²) < 4.78 is 26.8. The van der Waals surface area contributed by atoms with Crippen LogP contribution in [0.2, 0.25) is 15.1 Å². The topological polar surface area (TPSA) is 86.8 Å². The molecule has 0 aromatic heterocycles. The molecule has 0 spiro atoms. The first-order valence-corrected chi connectivity index (χ1v) is 16.3. The van der Waals surface area contributed by atoms with Crippen molar-refractivity contribution in [3.05, 3.63) is 99.0 Å². The largest absolute Gasteiger partial charge is 0.352 e. The lowest BCUT2D eigenvalue weighted by molar-refractivity contribution is -0.140. The van der Waals surface area contributed by atoms with Crippen molar-refractivity contribution >= 4 is 62.3 Å². The van der Waals surface area contributed by atoms with Crippen molar-refractivity contribution < 1.29 is 18.0 Å². The van der Waals surface area contributed by atoms with Gasteiger partial charge in [0.1, 0.15) is 12.6 Å². The van der Waals surface area contributed by atoms with Crippen LogP contribution < -0.4 is 9.62 Å². The molecule has 41 heavy (non-hydrogen) atoms. The van der Waals surface area contributed by atoms with Gasteiger partial charge >= 0.3 is 0 Å². The van der Waals surface area contributed by atoms with Crippen molar-refractivity contribution in [2.75, 3.05) is 17.1 Å². The highest BCUT2D eigenvalue weighted by atomic mass is 35.5. The zero-order valence-corrected chi connectivity index (χ0v) is 25.7. The fourth-order valence-corrected chi connectivity index (χ4v) is 6.49. The van der Waals surface area contributed by atoms with Gasteiger partial charge in [0.15, 0.2) is 0 Å². The molecule has 7 nitrogen and oxygen atoms in total. The SMILES string of the molecule is CS(=O)(=O)N(CC(=O)N(Cc1ccccc1Cl)[C@@H](Cc1ccccc1)C(=O)NC1CCCC1)c1cc(Cl)ccc1Cl. The summed E-state index contributed by atoms with van der Waals surface area (Å²) in [5, 5.41) is 3.94. The van der Waals surface area contributed by atoms with E-state index in [9.17, 15) is 18.0 Å². The van der Waals surface area contributed by atoms with Gasteiger partial charge < -0.3 is 10.2 Å². The minimum absolute atomic E-state index is 0.00499. The van der Waals surface area contributed by atoms with Gasteiger partial charge in [-0.25, -0.2) is 8.42 Å². The Morgan fingerprint density at radius 1 is 0.927 bits per heavy atom. The van der Waals surface area contributed by atoms with E-state index in [-0.39, 0.29) is 40.6 Å². The first-order valence-electron chi connectivity index (χ1n) is 13.3. The van der Waals surface area contributed by atoms with E-state index in [1.54, 1.807) is 24.3 Å². The van der Waals surface area contributed by atoms with Crippen LogP contribution in [0.3, 0.4) is 0 Å². The second-order valence-corrected chi connectivity index (χ2v) is 13.3. The first kappa shape index (κ1) is 31.2. The molecular formula is C30H32Cl3N3O4S. The number of hydrogen-bond donors (Lipinski definition) is 1. The van der Waals surface area contributed by atoms with Crippen LogP contribution >= 0.6 is 34.8 Å². The molecule has 4 rings (SSSR count). The Labute approximate surface area is 256 Å². The Hall–Kier alpha value is -2.78. The fourth-order valence-electron chi connectivity index (χ4n) is 5.00. The van der Waals surface area contributed by atoms with E-state index >= 15 is 0 Å². The van der Waals surface area contributed by atoms with E-state index in [1.807, 2.05) is 30.3 Å². The molecule has 3 aromatic carbocycles. The predicted molar refractivity (Wildman–Crippen MR) is 165 cm³/mol. The zero-order chi connectivity index (χ0) is 29.6. The van der Waals surface area contributed by atoms with Crippen LogP contribution in [0.25, 0.3) is 0 Å². The maximum absolute atomic E-state index is 14.2. The number of sulfonamides is 1. The van der Waals surface area contributed by atoms with Crippen molar-refractivity contribution in [2.45, 2.75) is 50.7 Å². The molecule has 11 heteroatoms. The number of nitrogens with one attached hydrogen (secondary N) is 1. The van der Waals surface area contributed by atoms with Crippen molar-refractivity contribution in [1.29, 1.82) is 0 Å². The smallest absolute Gasteiger partial charge is 0.244 e. The quantitative estimate of drug-likeness (QED) is 0.275. The number of halogens is 3. The summed E-state index contributed by atoms with van der Waals surface area (Å²) in [6, 6.07) is 19.9. The number of rotatable bonds is 11. The molecular weight excluding hydrogens is 605 g/mol. The molecule has 1 saturated carbocycles. The Morgan fingerprint density at radius 2 is 1.59 bits per heavy atom. The van der Waals surface area contributed by atoms with Crippen LogP contribution in [0.4, 0.5) is 5.69 Å². The minimum Gasteiger partial charge on any atom is -0.352 e. The molecule has 0 saturated heterocycles. The number of amides is 2. The molecule has 1 aliphatic carbocycles. The molecule has 2 amide bonds. The number of nitrogens with zero attached hydrogens (tertiary/aromatic N) is 2. The van der Waals surface area contributed by atoms with Crippen LogP contribution in [-0.4, -0.2) is 50.0 Å². The van der Waals surface area contributed by atoms with Gasteiger partial charge in [0.25, 0.3) is 0 Å². The highest BCUT2D eigenvalue weighted by molar-refractivity contribution is 7.92. The minimum atomic E-state index is -3.97. The van der Waals surface area contributed by atoms with Crippen LogP contribution in [0, 0.1) is 0 Å². The average Bonchev–Trinajstić information content (AvgIpc) is 3.44. The van der Waals surface area contributed by atoms with Crippen molar-refractivity contribution in [1.82, 2.24) is 10.2 Å². The van der Waals surface area contributed by atoms with Gasteiger partial charge in [-0.05, 0) is 48.2 Å². The molecule has 1 atom stereocenters. The van der Waals surface area contributed by atoms with Gasteiger partial charge in [0, 0.05) is 29.1 Å². The molecule has 0 heterocycles. The molecule has 218 valence electrons. The van der Waals surface area contributed by atoms with Crippen molar-refractivity contribution in [3.8, 4) is 0 Å². The molecule has 0 radical (unpaired) electrons. The normalized spacial score (nSPS) is 14.4. The Morgan fingerprint density at radius 3 is 2.24 bits per heavy atom. The third-order valence-corrected chi connectivity index (χ3v) is 9.18. The summed E-state index contributed by atoms with van der Waals surface area (Å²) in [5.41, 5.74) is 1.55. The van der Waals surface area contributed by atoms with Gasteiger partial charge in [-0.15, -0.1) is 0 Å². The van der Waals surface area contributed by atoms with Crippen LogP contribution in [0.15, 0.2) is 72.8 Å². The molecule has 1 aliphatic rings. The summed E-state index contributed by atoms with van der Waals surface area (Å²) in [7, 11) is -3.97. The van der Waals surface area contributed by atoms with Gasteiger partial charge in [-0.1, -0.05) is 96.2 Å². The average molecular weight is 637 g/mol.